The molecule has 0 saturated heterocycles. The van der Waals surface area contributed by atoms with Crippen molar-refractivity contribution in [1.82, 2.24) is 0 Å². The molecule has 0 amide bonds. The zero-order chi connectivity index (χ0) is 7.66. The lowest BCUT2D eigenvalue weighted by molar-refractivity contribution is 0.624. The third-order valence-electron chi connectivity index (χ3n) is 1.66. The Morgan fingerprint density at radius 2 is 0.800 bits per heavy atom. The molecular formula is C8H16B2. The van der Waals surface area contributed by atoms with E-state index in [0.29, 0.717) is 0 Å². The second kappa shape index (κ2) is 9.13. The van der Waals surface area contributed by atoms with Crippen molar-refractivity contribution in [2.24, 2.45) is 0 Å². The predicted octanol–water partition coefficient (Wildman–Crippen LogP) is 2.50. The first-order chi connectivity index (χ1) is 4.91. The molecule has 54 valence electrons. The summed E-state index contributed by atoms with van der Waals surface area (Å²) in [6.07, 6.45) is 9.30. The molecule has 0 spiro atoms. The van der Waals surface area contributed by atoms with Crippen molar-refractivity contribution >= 4 is 15.7 Å². The van der Waals surface area contributed by atoms with Crippen LogP contribution in [0, 0.1) is 0 Å². The average Bonchev–Trinajstić information content (AvgIpc) is 1.97. The molecule has 0 aliphatic carbocycles. The Kier molecular flexibility index (Phi) is 9.25. The van der Waals surface area contributed by atoms with E-state index in [4.69, 9.17) is 15.7 Å². The Balaban J connectivity index is 2.65. The molecule has 0 aromatic heterocycles. The largest absolute Gasteiger partial charge is 0.0887 e. The molecule has 0 saturated carbocycles. The second-order valence-electron chi connectivity index (χ2n) is 2.70. The van der Waals surface area contributed by atoms with E-state index in [-0.39, 0.29) is 0 Å². The zero-order valence-electron chi connectivity index (χ0n) is 6.81. The fourth-order valence-electron chi connectivity index (χ4n) is 0.996. The Bertz CT molecular complexity index is 47.2. The molecular weight excluding hydrogens is 118 g/mol. The maximum atomic E-state index is 5.35. The zero-order valence-corrected chi connectivity index (χ0v) is 6.81. The molecule has 0 atom stereocenters. The predicted molar refractivity (Wildman–Crippen MR) is 48.8 cm³/mol. The molecule has 2 heteroatoms. The van der Waals surface area contributed by atoms with E-state index < -0.39 is 0 Å². The van der Waals surface area contributed by atoms with Crippen molar-refractivity contribution in [2.45, 2.75) is 51.2 Å². The van der Waals surface area contributed by atoms with Crippen LogP contribution in [-0.2, 0) is 0 Å². The molecule has 0 rings (SSSR count). The normalized spacial score (nSPS) is 10.0. The number of unbranched alkanes of at least 4 members (excludes halogenated alkanes) is 5. The summed E-state index contributed by atoms with van der Waals surface area (Å²) < 4.78 is 0. The highest BCUT2D eigenvalue weighted by Gasteiger charge is 1.87. The highest BCUT2D eigenvalue weighted by atomic mass is 13.9. The molecule has 0 aromatic rings. The van der Waals surface area contributed by atoms with E-state index in [0.717, 1.165) is 12.6 Å². The summed E-state index contributed by atoms with van der Waals surface area (Å²) in [6, 6.07) is 0. The van der Waals surface area contributed by atoms with Gasteiger partial charge >= 0.3 is 0 Å². The fraction of sp³-hybridized carbons (Fsp3) is 1.00. The van der Waals surface area contributed by atoms with Crippen molar-refractivity contribution in [3.8, 4) is 0 Å². The summed E-state index contributed by atoms with van der Waals surface area (Å²) in [7, 11) is 10.7. The lowest BCUT2D eigenvalue weighted by Gasteiger charge is -1.97. The van der Waals surface area contributed by atoms with Crippen LogP contribution in [0.25, 0.3) is 0 Å². The minimum absolute atomic E-state index is 0.844. The Labute approximate surface area is 67.6 Å². The number of hydrogen-bond acceptors (Lipinski definition) is 0. The molecule has 0 bridgehead atoms. The SMILES string of the molecule is [B]CCCCCCCC[B]. The number of rotatable bonds is 7. The summed E-state index contributed by atoms with van der Waals surface area (Å²) in [6.45, 7) is 0. The standard InChI is InChI=1S/C8H16B2/c9-7-5-3-1-2-4-6-8-10/h1-8H2. The van der Waals surface area contributed by atoms with Crippen LogP contribution in [-0.4, -0.2) is 15.7 Å². The highest BCUT2D eigenvalue weighted by Crippen LogP contribution is 2.06. The van der Waals surface area contributed by atoms with Gasteiger partial charge in [-0.1, -0.05) is 51.2 Å². The quantitative estimate of drug-likeness (QED) is 0.370. The lowest BCUT2D eigenvalue weighted by Crippen LogP contribution is -1.79. The van der Waals surface area contributed by atoms with Crippen molar-refractivity contribution in [2.75, 3.05) is 0 Å². The van der Waals surface area contributed by atoms with Gasteiger partial charge in [0.15, 0.2) is 0 Å². The Hall–Kier alpha value is 0.130. The molecule has 0 N–H and O–H groups in total. The van der Waals surface area contributed by atoms with Gasteiger partial charge in [-0.3, -0.25) is 0 Å². The van der Waals surface area contributed by atoms with Crippen LogP contribution < -0.4 is 0 Å². The maximum absolute atomic E-state index is 5.35. The van der Waals surface area contributed by atoms with Crippen molar-refractivity contribution in [3.05, 3.63) is 0 Å². The van der Waals surface area contributed by atoms with Crippen LogP contribution in [0.3, 0.4) is 0 Å². The third kappa shape index (κ3) is 8.13. The van der Waals surface area contributed by atoms with Crippen LogP contribution in [0.2, 0.25) is 12.6 Å². The lowest BCUT2D eigenvalue weighted by atomic mass is 9.96. The van der Waals surface area contributed by atoms with Crippen molar-refractivity contribution in [1.29, 1.82) is 0 Å². The monoisotopic (exact) mass is 134 g/mol. The molecule has 0 aliphatic rings. The van der Waals surface area contributed by atoms with Crippen molar-refractivity contribution in [3.63, 3.8) is 0 Å². The Morgan fingerprint density at radius 1 is 0.500 bits per heavy atom. The van der Waals surface area contributed by atoms with E-state index in [2.05, 4.69) is 0 Å². The van der Waals surface area contributed by atoms with E-state index in [1.165, 1.54) is 38.5 Å². The van der Waals surface area contributed by atoms with Gasteiger partial charge in [0.1, 0.15) is 0 Å². The molecule has 0 fully saturated rings. The molecule has 0 nitrogen and oxygen atoms in total. The summed E-state index contributed by atoms with van der Waals surface area (Å²) >= 11 is 0. The minimum Gasteiger partial charge on any atom is -0.0887 e. The van der Waals surface area contributed by atoms with E-state index in [1.54, 1.807) is 0 Å². The first kappa shape index (κ1) is 10.1. The topological polar surface area (TPSA) is 0 Å². The van der Waals surface area contributed by atoms with Crippen LogP contribution >= 0.6 is 0 Å². The van der Waals surface area contributed by atoms with E-state index >= 15 is 0 Å². The van der Waals surface area contributed by atoms with Gasteiger partial charge in [0.25, 0.3) is 0 Å². The third-order valence-corrected chi connectivity index (χ3v) is 1.66. The van der Waals surface area contributed by atoms with Gasteiger partial charge in [-0.25, -0.2) is 0 Å². The van der Waals surface area contributed by atoms with E-state index in [1.807, 2.05) is 0 Å². The summed E-state index contributed by atoms with van der Waals surface area (Å²) in [4.78, 5) is 0. The van der Waals surface area contributed by atoms with Gasteiger partial charge in [-0.15, -0.1) is 0 Å². The number of hydrogen-bond donors (Lipinski definition) is 0. The van der Waals surface area contributed by atoms with Crippen LogP contribution in [0.5, 0.6) is 0 Å². The van der Waals surface area contributed by atoms with Gasteiger partial charge in [0.2, 0.25) is 0 Å². The highest BCUT2D eigenvalue weighted by molar-refractivity contribution is 6.08. The smallest absolute Gasteiger partial charge is 0.0653 e. The molecule has 10 heavy (non-hydrogen) atoms. The van der Waals surface area contributed by atoms with Crippen LogP contribution in [0.1, 0.15) is 38.5 Å². The summed E-state index contributed by atoms with van der Waals surface area (Å²) in [5, 5.41) is 0. The molecule has 0 heterocycles. The second-order valence-corrected chi connectivity index (χ2v) is 2.70. The average molecular weight is 134 g/mol. The fourth-order valence-corrected chi connectivity index (χ4v) is 0.996. The van der Waals surface area contributed by atoms with Gasteiger partial charge in [0.05, 0.1) is 15.7 Å². The van der Waals surface area contributed by atoms with Gasteiger partial charge < -0.3 is 0 Å². The minimum atomic E-state index is 0.844. The van der Waals surface area contributed by atoms with E-state index in [9.17, 15) is 0 Å². The first-order valence-corrected chi connectivity index (χ1v) is 4.32. The van der Waals surface area contributed by atoms with Crippen LogP contribution in [0.4, 0.5) is 0 Å². The Morgan fingerprint density at radius 3 is 1.10 bits per heavy atom. The summed E-state index contributed by atoms with van der Waals surface area (Å²) in [5.74, 6) is 0. The molecule has 0 aromatic carbocycles. The summed E-state index contributed by atoms with van der Waals surface area (Å²) in [5.41, 5.74) is 0. The van der Waals surface area contributed by atoms with Gasteiger partial charge in [-0.2, -0.15) is 0 Å². The first-order valence-electron chi connectivity index (χ1n) is 4.32. The van der Waals surface area contributed by atoms with Gasteiger partial charge in [-0.05, 0) is 0 Å². The maximum Gasteiger partial charge on any atom is 0.0653 e. The molecule has 0 aliphatic heterocycles. The van der Waals surface area contributed by atoms with Crippen molar-refractivity contribution < 1.29 is 0 Å². The molecule has 0 unspecified atom stereocenters. The molecule has 4 radical (unpaired) electrons. The van der Waals surface area contributed by atoms with Crippen LogP contribution in [0.15, 0.2) is 0 Å². The van der Waals surface area contributed by atoms with Gasteiger partial charge in [0, 0.05) is 0 Å².